The van der Waals surface area contributed by atoms with Crippen LogP contribution >= 0.6 is 0 Å². The maximum atomic E-state index is 12.8. The van der Waals surface area contributed by atoms with Crippen LogP contribution in [0.15, 0.2) is 36.7 Å². The van der Waals surface area contributed by atoms with Crippen molar-refractivity contribution in [3.8, 4) is 0 Å². The predicted octanol–water partition coefficient (Wildman–Crippen LogP) is -0.0319. The molecule has 1 aromatic heterocycles. The Kier molecular flexibility index (Phi) is 3.96. The Hall–Kier alpha value is -2.74. The van der Waals surface area contributed by atoms with Gasteiger partial charge in [0.15, 0.2) is 0 Å². The molecule has 130 valence electrons. The van der Waals surface area contributed by atoms with E-state index in [1.807, 2.05) is 24.3 Å². The molecule has 25 heavy (non-hydrogen) atoms. The summed E-state index contributed by atoms with van der Waals surface area (Å²) < 4.78 is 1.69. The van der Waals surface area contributed by atoms with E-state index in [4.69, 9.17) is 5.73 Å². The average Bonchev–Trinajstić information content (AvgIpc) is 3.26. The summed E-state index contributed by atoms with van der Waals surface area (Å²) in [6, 6.07) is 7.46. The summed E-state index contributed by atoms with van der Waals surface area (Å²) in [4.78, 5) is 28.4. The summed E-state index contributed by atoms with van der Waals surface area (Å²) >= 11 is 0. The van der Waals surface area contributed by atoms with Crippen LogP contribution < -0.4 is 10.6 Å². The van der Waals surface area contributed by atoms with E-state index in [1.165, 1.54) is 0 Å². The molecule has 0 aliphatic carbocycles. The average molecular weight is 340 g/mol. The number of rotatable bonds is 3. The fraction of sp³-hybridized carbons (Fsp3) is 0.412. The summed E-state index contributed by atoms with van der Waals surface area (Å²) in [5.41, 5.74) is 8.11. The van der Waals surface area contributed by atoms with E-state index in [2.05, 4.69) is 10.3 Å². The molecule has 2 aromatic rings. The minimum Gasteiger partial charge on any atom is -0.337 e. The number of hydrogen-bond acceptors (Lipinski definition) is 5. The first-order valence-electron chi connectivity index (χ1n) is 8.41. The number of benzene rings is 1. The van der Waals surface area contributed by atoms with E-state index in [-0.39, 0.29) is 30.4 Å². The van der Waals surface area contributed by atoms with Crippen LogP contribution in [0.3, 0.4) is 0 Å². The van der Waals surface area contributed by atoms with Crippen molar-refractivity contribution in [2.75, 3.05) is 24.5 Å². The molecule has 2 atom stereocenters. The Morgan fingerprint density at radius 2 is 2.08 bits per heavy atom. The van der Waals surface area contributed by atoms with Crippen LogP contribution in [0.4, 0.5) is 5.69 Å². The molecule has 8 nitrogen and oxygen atoms in total. The van der Waals surface area contributed by atoms with Crippen LogP contribution in [0.2, 0.25) is 0 Å². The fourth-order valence-corrected chi connectivity index (χ4v) is 3.59. The van der Waals surface area contributed by atoms with E-state index in [9.17, 15) is 9.59 Å². The Balaban J connectivity index is 1.48. The minimum absolute atomic E-state index is 0.0108. The molecule has 2 amide bonds. The standard InChI is InChI=1S/C17H20N6O2/c18-13-9-21(10-15(13)23-8-7-19-20-23)17(25)11-22-14-4-2-1-3-12(14)5-6-16(22)24/h1-4,7-8,13,15H,5-6,9-11,18H2/t13-,15+/m1/s1. The number of aryl methyl sites for hydroxylation is 1. The molecule has 3 heterocycles. The monoisotopic (exact) mass is 340 g/mol. The van der Waals surface area contributed by atoms with Crippen molar-refractivity contribution in [1.29, 1.82) is 0 Å². The molecule has 2 aliphatic heterocycles. The third kappa shape index (κ3) is 2.89. The number of para-hydroxylation sites is 1. The quantitative estimate of drug-likeness (QED) is 0.846. The first kappa shape index (κ1) is 15.8. The van der Waals surface area contributed by atoms with Gasteiger partial charge >= 0.3 is 0 Å². The van der Waals surface area contributed by atoms with Crippen LogP contribution in [0.25, 0.3) is 0 Å². The van der Waals surface area contributed by atoms with E-state index in [0.29, 0.717) is 19.5 Å². The molecule has 1 saturated heterocycles. The van der Waals surface area contributed by atoms with Crippen molar-refractivity contribution in [3.63, 3.8) is 0 Å². The molecule has 4 rings (SSSR count). The lowest BCUT2D eigenvalue weighted by Gasteiger charge is -2.30. The lowest BCUT2D eigenvalue weighted by Crippen LogP contribution is -2.44. The second kappa shape index (κ2) is 6.29. The Labute approximate surface area is 145 Å². The van der Waals surface area contributed by atoms with Crippen LogP contribution in [0.1, 0.15) is 18.0 Å². The van der Waals surface area contributed by atoms with Crippen molar-refractivity contribution in [2.24, 2.45) is 5.73 Å². The van der Waals surface area contributed by atoms with E-state index < -0.39 is 0 Å². The molecule has 0 saturated carbocycles. The molecule has 0 unspecified atom stereocenters. The van der Waals surface area contributed by atoms with Gasteiger partial charge in [0.25, 0.3) is 0 Å². The highest BCUT2D eigenvalue weighted by molar-refractivity contribution is 6.01. The summed E-state index contributed by atoms with van der Waals surface area (Å²) in [6.45, 7) is 0.979. The molecule has 0 bridgehead atoms. The maximum Gasteiger partial charge on any atom is 0.242 e. The van der Waals surface area contributed by atoms with Crippen LogP contribution in [-0.2, 0) is 16.0 Å². The first-order valence-corrected chi connectivity index (χ1v) is 8.41. The van der Waals surface area contributed by atoms with Gasteiger partial charge in [0, 0.05) is 37.4 Å². The van der Waals surface area contributed by atoms with Gasteiger partial charge in [-0.15, -0.1) is 5.10 Å². The van der Waals surface area contributed by atoms with Gasteiger partial charge in [0.05, 0.1) is 12.2 Å². The number of carbonyl (C=O) groups is 2. The van der Waals surface area contributed by atoms with E-state index in [0.717, 1.165) is 17.7 Å². The summed E-state index contributed by atoms with van der Waals surface area (Å²) in [5.74, 6) is -0.105. The lowest BCUT2D eigenvalue weighted by atomic mass is 10.0. The molecular formula is C17H20N6O2. The van der Waals surface area contributed by atoms with Gasteiger partial charge in [-0.05, 0) is 18.1 Å². The third-order valence-corrected chi connectivity index (χ3v) is 4.95. The zero-order valence-electron chi connectivity index (χ0n) is 13.8. The summed E-state index contributed by atoms with van der Waals surface area (Å²) in [5, 5.41) is 7.78. The Morgan fingerprint density at radius 1 is 1.24 bits per heavy atom. The number of amides is 2. The Bertz CT molecular complexity index is 790. The van der Waals surface area contributed by atoms with Crippen molar-refractivity contribution < 1.29 is 9.59 Å². The van der Waals surface area contributed by atoms with Crippen molar-refractivity contribution in [2.45, 2.75) is 24.9 Å². The number of carbonyl (C=O) groups excluding carboxylic acids is 2. The number of nitrogens with two attached hydrogens (primary N) is 1. The molecular weight excluding hydrogens is 320 g/mol. The first-order chi connectivity index (χ1) is 12.1. The minimum atomic E-state index is -0.199. The lowest BCUT2D eigenvalue weighted by molar-refractivity contribution is -0.130. The number of likely N-dealkylation sites (tertiary alicyclic amines) is 1. The number of aromatic nitrogens is 3. The van der Waals surface area contributed by atoms with Gasteiger partial charge in [0.2, 0.25) is 11.8 Å². The number of hydrogen-bond donors (Lipinski definition) is 1. The molecule has 1 aromatic carbocycles. The second-order valence-electron chi connectivity index (χ2n) is 6.52. The van der Waals surface area contributed by atoms with Gasteiger partial charge < -0.3 is 15.5 Å². The normalized spacial score (nSPS) is 23.0. The van der Waals surface area contributed by atoms with Crippen LogP contribution in [-0.4, -0.2) is 57.4 Å². The smallest absolute Gasteiger partial charge is 0.242 e. The Morgan fingerprint density at radius 3 is 2.88 bits per heavy atom. The fourth-order valence-electron chi connectivity index (χ4n) is 3.59. The van der Waals surface area contributed by atoms with Crippen molar-refractivity contribution >= 4 is 17.5 Å². The molecule has 2 aliphatic rings. The number of anilines is 1. The van der Waals surface area contributed by atoms with Gasteiger partial charge in [-0.2, -0.15) is 0 Å². The molecule has 1 fully saturated rings. The SMILES string of the molecule is N[C@@H]1CN(C(=O)CN2C(=O)CCc3ccccc32)C[C@@H]1n1ccnn1. The third-order valence-electron chi connectivity index (χ3n) is 4.95. The van der Waals surface area contributed by atoms with E-state index >= 15 is 0 Å². The van der Waals surface area contributed by atoms with Crippen molar-refractivity contribution in [1.82, 2.24) is 19.9 Å². The van der Waals surface area contributed by atoms with Gasteiger partial charge in [-0.3, -0.25) is 9.59 Å². The highest BCUT2D eigenvalue weighted by Crippen LogP contribution is 2.28. The molecule has 0 radical (unpaired) electrons. The highest BCUT2D eigenvalue weighted by atomic mass is 16.2. The largest absolute Gasteiger partial charge is 0.337 e. The summed E-state index contributed by atoms with van der Waals surface area (Å²) in [7, 11) is 0. The van der Waals surface area contributed by atoms with Gasteiger partial charge in [0.1, 0.15) is 6.54 Å². The second-order valence-corrected chi connectivity index (χ2v) is 6.52. The zero-order valence-corrected chi connectivity index (χ0v) is 13.8. The van der Waals surface area contributed by atoms with Gasteiger partial charge in [-0.1, -0.05) is 23.4 Å². The predicted molar refractivity (Wildman–Crippen MR) is 90.7 cm³/mol. The molecule has 0 spiro atoms. The van der Waals surface area contributed by atoms with Crippen LogP contribution in [0, 0.1) is 0 Å². The van der Waals surface area contributed by atoms with Crippen LogP contribution in [0.5, 0.6) is 0 Å². The van der Waals surface area contributed by atoms with Crippen molar-refractivity contribution in [3.05, 3.63) is 42.2 Å². The topological polar surface area (TPSA) is 97.3 Å². The molecule has 2 N–H and O–H groups in total. The maximum absolute atomic E-state index is 12.8. The van der Waals surface area contributed by atoms with E-state index in [1.54, 1.807) is 26.9 Å². The zero-order chi connectivity index (χ0) is 17.4. The highest BCUT2D eigenvalue weighted by Gasteiger charge is 2.36. The van der Waals surface area contributed by atoms with Gasteiger partial charge in [-0.25, -0.2) is 4.68 Å². The number of nitrogens with zero attached hydrogens (tertiary/aromatic N) is 5. The number of fused-ring (bicyclic) bond motifs is 1. The molecule has 8 heteroatoms. The summed E-state index contributed by atoms with van der Waals surface area (Å²) in [6.07, 6.45) is 4.51.